The lowest BCUT2D eigenvalue weighted by atomic mass is 10.0. The van der Waals surface area contributed by atoms with Crippen molar-refractivity contribution in [2.75, 3.05) is 13.1 Å². The molecule has 0 aromatic carbocycles. The molecule has 2 heterocycles. The molecule has 2 saturated heterocycles. The largest absolute Gasteiger partial charge is 0.480 e. The molecule has 3 unspecified atom stereocenters. The smallest absolute Gasteiger partial charge is 0.326 e. The van der Waals surface area contributed by atoms with Gasteiger partial charge in [0, 0.05) is 19.1 Å². The molecule has 0 spiro atoms. The zero-order valence-corrected chi connectivity index (χ0v) is 12.5. The van der Waals surface area contributed by atoms with Crippen molar-refractivity contribution in [1.82, 2.24) is 9.80 Å². The molecular formula is C15H26N2O3. The van der Waals surface area contributed by atoms with E-state index in [0.29, 0.717) is 6.54 Å². The number of urea groups is 1. The van der Waals surface area contributed by atoms with Gasteiger partial charge in [-0.3, -0.25) is 0 Å². The van der Waals surface area contributed by atoms with Gasteiger partial charge in [0.15, 0.2) is 0 Å². The maximum atomic E-state index is 12.8. The summed E-state index contributed by atoms with van der Waals surface area (Å²) in [5.74, 6) is -0.824. The molecule has 2 rings (SSSR count). The van der Waals surface area contributed by atoms with E-state index in [1.54, 1.807) is 4.90 Å². The van der Waals surface area contributed by atoms with Crippen molar-refractivity contribution in [2.45, 2.75) is 64.5 Å². The number of amides is 2. The van der Waals surface area contributed by atoms with E-state index in [-0.39, 0.29) is 18.0 Å². The van der Waals surface area contributed by atoms with Gasteiger partial charge in [0.1, 0.15) is 6.04 Å². The summed E-state index contributed by atoms with van der Waals surface area (Å²) in [5, 5.41) is 9.37. The maximum Gasteiger partial charge on any atom is 0.326 e. The van der Waals surface area contributed by atoms with E-state index in [0.717, 1.165) is 32.2 Å². The Hall–Kier alpha value is -1.26. The lowest BCUT2D eigenvalue weighted by Gasteiger charge is -2.35. The number of hydrogen-bond acceptors (Lipinski definition) is 2. The second-order valence-electron chi connectivity index (χ2n) is 6.13. The second-order valence-corrected chi connectivity index (χ2v) is 6.13. The van der Waals surface area contributed by atoms with Gasteiger partial charge in [-0.2, -0.15) is 0 Å². The van der Waals surface area contributed by atoms with Crippen molar-refractivity contribution < 1.29 is 14.7 Å². The second kappa shape index (κ2) is 6.46. The van der Waals surface area contributed by atoms with E-state index in [1.807, 2.05) is 11.8 Å². The summed E-state index contributed by atoms with van der Waals surface area (Å²) in [6, 6.07) is -0.436. The zero-order valence-electron chi connectivity index (χ0n) is 12.5. The van der Waals surface area contributed by atoms with Crippen LogP contribution in [0.1, 0.15) is 52.4 Å². The van der Waals surface area contributed by atoms with Crippen LogP contribution in [0.4, 0.5) is 4.79 Å². The average molecular weight is 282 g/mol. The topological polar surface area (TPSA) is 60.9 Å². The Labute approximate surface area is 120 Å². The Balaban J connectivity index is 2.14. The molecule has 114 valence electrons. The summed E-state index contributed by atoms with van der Waals surface area (Å²) in [7, 11) is 0. The van der Waals surface area contributed by atoms with Crippen LogP contribution in [0, 0.1) is 5.92 Å². The molecule has 5 heteroatoms. The summed E-state index contributed by atoms with van der Waals surface area (Å²) in [6.45, 7) is 5.38. The van der Waals surface area contributed by atoms with Crippen molar-refractivity contribution in [3.63, 3.8) is 0 Å². The fraction of sp³-hybridized carbons (Fsp3) is 0.867. The summed E-state index contributed by atoms with van der Waals surface area (Å²) in [6.07, 6.45) is 6.15. The van der Waals surface area contributed by atoms with Crippen LogP contribution in [0.5, 0.6) is 0 Å². The molecule has 0 saturated carbocycles. The van der Waals surface area contributed by atoms with Gasteiger partial charge in [-0.1, -0.05) is 26.7 Å². The van der Waals surface area contributed by atoms with Gasteiger partial charge in [-0.05, 0) is 31.6 Å². The van der Waals surface area contributed by atoms with E-state index < -0.39 is 12.0 Å². The molecule has 0 radical (unpaired) electrons. The first kappa shape index (κ1) is 15.1. The van der Waals surface area contributed by atoms with Gasteiger partial charge < -0.3 is 14.9 Å². The SMILES string of the molecule is CCC1CCCCCN1C(=O)N1CCC(C)C1C(=O)O. The van der Waals surface area contributed by atoms with Crippen LogP contribution in [0.15, 0.2) is 0 Å². The molecule has 0 aromatic rings. The molecule has 20 heavy (non-hydrogen) atoms. The van der Waals surface area contributed by atoms with Gasteiger partial charge in [-0.25, -0.2) is 9.59 Å². The summed E-state index contributed by atoms with van der Waals surface area (Å²) < 4.78 is 0. The minimum absolute atomic E-state index is 0.0449. The molecule has 2 fully saturated rings. The first-order chi connectivity index (χ1) is 9.56. The number of nitrogens with zero attached hydrogens (tertiary/aromatic N) is 2. The summed E-state index contributed by atoms with van der Waals surface area (Å²) in [4.78, 5) is 27.7. The minimum atomic E-state index is -0.869. The Morgan fingerprint density at radius 3 is 2.50 bits per heavy atom. The van der Waals surface area contributed by atoms with Crippen LogP contribution in [0.3, 0.4) is 0 Å². The quantitative estimate of drug-likeness (QED) is 0.846. The number of carboxylic acid groups (broad SMARTS) is 1. The molecule has 1 N–H and O–H groups in total. The molecule has 5 nitrogen and oxygen atoms in total. The maximum absolute atomic E-state index is 12.8. The van der Waals surface area contributed by atoms with Crippen LogP contribution >= 0.6 is 0 Å². The van der Waals surface area contributed by atoms with E-state index in [9.17, 15) is 14.7 Å². The molecule has 3 atom stereocenters. The Kier molecular flexibility index (Phi) is 4.89. The average Bonchev–Trinajstić information content (AvgIpc) is 2.66. The number of aliphatic carboxylic acids is 1. The Morgan fingerprint density at radius 1 is 1.10 bits per heavy atom. The third kappa shape index (κ3) is 2.91. The summed E-state index contributed by atoms with van der Waals surface area (Å²) >= 11 is 0. The van der Waals surface area contributed by atoms with Gasteiger partial charge in [-0.15, -0.1) is 0 Å². The number of carboxylic acids is 1. The molecule has 0 bridgehead atoms. The van der Waals surface area contributed by atoms with Crippen molar-refractivity contribution >= 4 is 12.0 Å². The van der Waals surface area contributed by atoms with Crippen LogP contribution in [0.25, 0.3) is 0 Å². The molecule has 0 aliphatic carbocycles. The normalized spacial score (nSPS) is 31.2. The summed E-state index contributed by atoms with van der Waals surface area (Å²) in [5.41, 5.74) is 0. The van der Waals surface area contributed by atoms with Crippen molar-refractivity contribution in [3.8, 4) is 0 Å². The lowest BCUT2D eigenvalue weighted by molar-refractivity contribution is -0.142. The highest BCUT2D eigenvalue weighted by atomic mass is 16.4. The highest BCUT2D eigenvalue weighted by Gasteiger charge is 2.42. The van der Waals surface area contributed by atoms with E-state index in [1.165, 1.54) is 12.8 Å². The van der Waals surface area contributed by atoms with Crippen molar-refractivity contribution in [3.05, 3.63) is 0 Å². The monoisotopic (exact) mass is 282 g/mol. The van der Waals surface area contributed by atoms with Crippen LogP contribution in [-0.2, 0) is 4.79 Å². The third-order valence-corrected chi connectivity index (χ3v) is 4.79. The Bertz CT molecular complexity index is 372. The highest BCUT2D eigenvalue weighted by molar-refractivity contribution is 5.83. The van der Waals surface area contributed by atoms with Gasteiger partial charge in [0.05, 0.1) is 0 Å². The number of carbonyl (C=O) groups is 2. The van der Waals surface area contributed by atoms with Crippen LogP contribution < -0.4 is 0 Å². The van der Waals surface area contributed by atoms with Crippen molar-refractivity contribution in [1.29, 1.82) is 0 Å². The number of rotatable bonds is 2. The fourth-order valence-corrected chi connectivity index (χ4v) is 3.56. The third-order valence-electron chi connectivity index (χ3n) is 4.79. The van der Waals surface area contributed by atoms with E-state index >= 15 is 0 Å². The number of hydrogen-bond donors (Lipinski definition) is 1. The predicted molar refractivity (Wildman–Crippen MR) is 76.6 cm³/mol. The van der Waals surface area contributed by atoms with E-state index in [4.69, 9.17) is 0 Å². The van der Waals surface area contributed by atoms with Gasteiger partial charge in [0.2, 0.25) is 0 Å². The first-order valence-electron chi connectivity index (χ1n) is 7.86. The molecule has 2 aliphatic rings. The molecular weight excluding hydrogens is 256 g/mol. The number of likely N-dealkylation sites (tertiary alicyclic amines) is 2. The molecule has 2 amide bonds. The van der Waals surface area contributed by atoms with Gasteiger partial charge >= 0.3 is 12.0 Å². The minimum Gasteiger partial charge on any atom is -0.480 e. The van der Waals surface area contributed by atoms with Crippen LogP contribution in [0.2, 0.25) is 0 Å². The molecule has 2 aliphatic heterocycles. The van der Waals surface area contributed by atoms with Crippen LogP contribution in [-0.4, -0.2) is 52.1 Å². The Morgan fingerprint density at radius 2 is 1.85 bits per heavy atom. The standard InChI is InChI=1S/C15H26N2O3/c1-3-12-7-5-4-6-9-16(12)15(20)17-10-8-11(2)13(17)14(18)19/h11-13H,3-10H2,1-2H3,(H,18,19). The first-order valence-corrected chi connectivity index (χ1v) is 7.86. The van der Waals surface area contributed by atoms with E-state index in [2.05, 4.69) is 6.92 Å². The zero-order chi connectivity index (χ0) is 14.7. The number of carbonyl (C=O) groups excluding carboxylic acids is 1. The fourth-order valence-electron chi connectivity index (χ4n) is 3.56. The van der Waals surface area contributed by atoms with Gasteiger partial charge in [0.25, 0.3) is 0 Å². The van der Waals surface area contributed by atoms with Crippen molar-refractivity contribution in [2.24, 2.45) is 5.92 Å². The highest BCUT2D eigenvalue weighted by Crippen LogP contribution is 2.28. The predicted octanol–water partition coefficient (Wildman–Crippen LogP) is 2.56. The molecule has 0 aromatic heterocycles. The lowest BCUT2D eigenvalue weighted by Crippen LogP contribution is -2.52.